The Morgan fingerprint density at radius 2 is 1.75 bits per heavy atom. The first-order valence-electron chi connectivity index (χ1n) is 11.9. The highest BCUT2D eigenvalue weighted by Gasteiger charge is 2.31. The third-order valence-electron chi connectivity index (χ3n) is 6.33. The predicted octanol–water partition coefficient (Wildman–Crippen LogP) is 3.89. The first-order valence-corrected chi connectivity index (χ1v) is 14.5. The van der Waals surface area contributed by atoms with Crippen LogP contribution in [0.2, 0.25) is 0 Å². The molecule has 0 unspecified atom stereocenters. The van der Waals surface area contributed by atoms with E-state index in [1.165, 1.54) is 24.0 Å². The summed E-state index contributed by atoms with van der Waals surface area (Å²) in [5.41, 5.74) is 1.34. The molecule has 1 fully saturated rings. The minimum atomic E-state index is -3.87. The molecule has 1 aliphatic rings. The maximum absolute atomic E-state index is 13.6. The fraction of sp³-hybridized carbons (Fsp3) is 0.423. The molecule has 2 amide bonds. The minimum Gasteiger partial charge on any atom is -0.352 e. The molecule has 2 aromatic carbocycles. The number of hydrogen-bond donors (Lipinski definition) is 1. The zero-order chi connectivity index (χ0) is 26.5. The molecular weight excluding hydrogens is 546 g/mol. The van der Waals surface area contributed by atoms with Crippen molar-refractivity contribution in [2.45, 2.75) is 58.2 Å². The number of carbonyl (C=O) groups excluding carboxylic acids is 3. The van der Waals surface area contributed by atoms with Crippen LogP contribution in [-0.4, -0.2) is 55.8 Å². The lowest BCUT2D eigenvalue weighted by Gasteiger charge is -2.32. The normalized spacial score (nSPS) is 14.8. The van der Waals surface area contributed by atoms with Crippen LogP contribution >= 0.6 is 15.9 Å². The standard InChI is InChI=1S/C26H32BrN3O5S/c1-18(26(33)28-23-11-4-5-12-23)29(16-20-8-6-10-22(27)14-20)25(32)17-30(36(3,34)35)24-13-7-9-21(15-24)19(2)31/h6-10,13-15,18,23H,4-5,11-12,16-17H2,1-3H3,(H,28,33)/t18-/m0/s1. The second-order valence-electron chi connectivity index (χ2n) is 9.19. The van der Waals surface area contributed by atoms with E-state index in [9.17, 15) is 22.8 Å². The summed E-state index contributed by atoms with van der Waals surface area (Å²) in [5, 5.41) is 3.03. The fourth-order valence-electron chi connectivity index (χ4n) is 4.30. The second-order valence-corrected chi connectivity index (χ2v) is 12.0. The smallest absolute Gasteiger partial charge is 0.244 e. The molecule has 0 radical (unpaired) electrons. The molecule has 1 atom stereocenters. The Bertz CT molecular complexity index is 1230. The second kappa shape index (κ2) is 12.0. The molecule has 3 rings (SSSR count). The number of amides is 2. The van der Waals surface area contributed by atoms with Crippen molar-refractivity contribution in [3.05, 3.63) is 64.1 Å². The van der Waals surface area contributed by atoms with Crippen LogP contribution in [0.25, 0.3) is 0 Å². The van der Waals surface area contributed by atoms with Gasteiger partial charge in [0.2, 0.25) is 21.8 Å². The molecule has 0 aromatic heterocycles. The van der Waals surface area contributed by atoms with E-state index in [0.29, 0.717) is 5.56 Å². The molecule has 0 spiro atoms. The number of benzene rings is 2. The van der Waals surface area contributed by atoms with E-state index < -0.39 is 28.5 Å². The van der Waals surface area contributed by atoms with Crippen LogP contribution in [-0.2, 0) is 26.2 Å². The van der Waals surface area contributed by atoms with Gasteiger partial charge in [-0.2, -0.15) is 0 Å². The summed E-state index contributed by atoms with van der Waals surface area (Å²) < 4.78 is 27.2. The molecule has 1 N–H and O–H groups in total. The van der Waals surface area contributed by atoms with Crippen LogP contribution in [0.5, 0.6) is 0 Å². The van der Waals surface area contributed by atoms with Crippen LogP contribution in [0, 0.1) is 0 Å². The number of nitrogens with zero attached hydrogens (tertiary/aromatic N) is 2. The largest absolute Gasteiger partial charge is 0.352 e. The molecule has 1 aliphatic carbocycles. The van der Waals surface area contributed by atoms with E-state index >= 15 is 0 Å². The molecule has 0 heterocycles. The van der Waals surface area contributed by atoms with Crippen molar-refractivity contribution < 1.29 is 22.8 Å². The summed E-state index contributed by atoms with van der Waals surface area (Å²) in [6, 6.07) is 12.8. The van der Waals surface area contributed by atoms with Crippen molar-refractivity contribution in [1.82, 2.24) is 10.2 Å². The van der Waals surface area contributed by atoms with Crippen LogP contribution in [0.15, 0.2) is 53.0 Å². The van der Waals surface area contributed by atoms with Crippen molar-refractivity contribution in [3.63, 3.8) is 0 Å². The summed E-state index contributed by atoms with van der Waals surface area (Å²) in [6.45, 7) is 2.67. The lowest BCUT2D eigenvalue weighted by Crippen LogP contribution is -2.52. The lowest BCUT2D eigenvalue weighted by atomic mass is 10.1. The third-order valence-corrected chi connectivity index (χ3v) is 7.96. The number of Topliss-reactive ketones (excluding diaryl/α,β-unsaturated/α-hetero) is 1. The molecule has 10 heteroatoms. The Labute approximate surface area is 221 Å². The van der Waals surface area contributed by atoms with Crippen molar-refractivity contribution in [3.8, 4) is 0 Å². The van der Waals surface area contributed by atoms with E-state index in [4.69, 9.17) is 0 Å². The Morgan fingerprint density at radius 1 is 1.08 bits per heavy atom. The maximum atomic E-state index is 13.6. The predicted molar refractivity (Wildman–Crippen MR) is 143 cm³/mol. The number of ketones is 1. The van der Waals surface area contributed by atoms with Gasteiger partial charge in [-0.05, 0) is 56.5 Å². The van der Waals surface area contributed by atoms with Gasteiger partial charge in [-0.1, -0.05) is 53.0 Å². The van der Waals surface area contributed by atoms with E-state index in [1.807, 2.05) is 24.3 Å². The van der Waals surface area contributed by atoms with Crippen molar-refractivity contribution in [2.75, 3.05) is 17.1 Å². The highest BCUT2D eigenvalue weighted by molar-refractivity contribution is 9.10. The third kappa shape index (κ3) is 7.39. The van der Waals surface area contributed by atoms with Crippen LogP contribution in [0.4, 0.5) is 5.69 Å². The van der Waals surface area contributed by atoms with Gasteiger partial charge in [-0.3, -0.25) is 18.7 Å². The molecule has 2 aromatic rings. The van der Waals surface area contributed by atoms with Gasteiger partial charge in [0.15, 0.2) is 5.78 Å². The summed E-state index contributed by atoms with van der Waals surface area (Å²) in [7, 11) is -3.87. The molecule has 8 nitrogen and oxygen atoms in total. The highest BCUT2D eigenvalue weighted by Crippen LogP contribution is 2.22. The number of sulfonamides is 1. The molecule has 0 saturated heterocycles. The van der Waals surface area contributed by atoms with Crippen molar-refractivity contribution in [2.24, 2.45) is 0 Å². The quantitative estimate of drug-likeness (QED) is 0.431. The van der Waals surface area contributed by atoms with Gasteiger partial charge in [0, 0.05) is 22.6 Å². The zero-order valence-electron chi connectivity index (χ0n) is 20.7. The number of rotatable bonds is 10. The van der Waals surface area contributed by atoms with E-state index in [-0.39, 0.29) is 30.0 Å². The minimum absolute atomic E-state index is 0.0876. The molecule has 36 heavy (non-hydrogen) atoms. The summed E-state index contributed by atoms with van der Waals surface area (Å²) in [4.78, 5) is 40.0. The zero-order valence-corrected chi connectivity index (χ0v) is 23.1. The number of carbonyl (C=O) groups is 3. The van der Waals surface area contributed by atoms with E-state index in [0.717, 1.165) is 46.3 Å². The molecule has 194 valence electrons. The number of nitrogens with one attached hydrogen (secondary N) is 1. The van der Waals surface area contributed by atoms with Crippen molar-refractivity contribution in [1.29, 1.82) is 0 Å². The lowest BCUT2D eigenvalue weighted by molar-refractivity contribution is -0.139. The Balaban J connectivity index is 1.90. The highest BCUT2D eigenvalue weighted by atomic mass is 79.9. The van der Waals surface area contributed by atoms with Crippen LogP contribution in [0.1, 0.15) is 55.5 Å². The monoisotopic (exact) mass is 577 g/mol. The molecule has 0 bridgehead atoms. The first kappa shape index (κ1) is 27.9. The van der Waals surface area contributed by atoms with Gasteiger partial charge >= 0.3 is 0 Å². The van der Waals surface area contributed by atoms with E-state index in [2.05, 4.69) is 21.2 Å². The van der Waals surface area contributed by atoms with E-state index in [1.54, 1.807) is 19.1 Å². The Morgan fingerprint density at radius 3 is 2.36 bits per heavy atom. The average Bonchev–Trinajstić information content (AvgIpc) is 3.32. The number of halogens is 1. The summed E-state index contributed by atoms with van der Waals surface area (Å²) in [5.74, 6) is -1.01. The van der Waals surface area contributed by atoms with Crippen LogP contribution < -0.4 is 9.62 Å². The van der Waals surface area contributed by atoms with Gasteiger partial charge in [0.1, 0.15) is 12.6 Å². The molecule has 0 aliphatic heterocycles. The van der Waals surface area contributed by atoms with Gasteiger partial charge in [-0.25, -0.2) is 8.42 Å². The van der Waals surface area contributed by atoms with Crippen molar-refractivity contribution >= 4 is 49.2 Å². The molecular formula is C26H32BrN3O5S. The summed E-state index contributed by atoms with van der Waals surface area (Å²) >= 11 is 3.43. The maximum Gasteiger partial charge on any atom is 0.244 e. The number of hydrogen-bond acceptors (Lipinski definition) is 5. The van der Waals surface area contributed by atoms with Gasteiger partial charge in [0.25, 0.3) is 0 Å². The SMILES string of the molecule is CC(=O)c1cccc(N(CC(=O)N(Cc2cccc(Br)c2)[C@@H](C)C(=O)NC2CCCC2)S(C)(=O)=O)c1. The topological polar surface area (TPSA) is 104 Å². The first-order chi connectivity index (χ1) is 17.0. The average molecular weight is 579 g/mol. The number of anilines is 1. The Hall–Kier alpha value is -2.72. The molecule has 1 saturated carbocycles. The van der Waals surface area contributed by atoms with Gasteiger partial charge in [0.05, 0.1) is 11.9 Å². The summed E-state index contributed by atoms with van der Waals surface area (Å²) in [6.07, 6.45) is 4.94. The van der Waals surface area contributed by atoms with Crippen LogP contribution in [0.3, 0.4) is 0 Å². The van der Waals surface area contributed by atoms with Gasteiger partial charge < -0.3 is 10.2 Å². The van der Waals surface area contributed by atoms with Gasteiger partial charge in [-0.15, -0.1) is 0 Å². The Kier molecular flexibility index (Phi) is 9.30. The fourth-order valence-corrected chi connectivity index (χ4v) is 5.59.